The number of carbonyl (C=O) groups is 2. The van der Waals surface area contributed by atoms with E-state index in [0.717, 1.165) is 19.5 Å². The summed E-state index contributed by atoms with van der Waals surface area (Å²) in [5.74, 6) is 1.38. The van der Waals surface area contributed by atoms with Crippen molar-refractivity contribution in [2.75, 3.05) is 30.8 Å². The Morgan fingerprint density at radius 1 is 0.850 bits per heavy atom. The van der Waals surface area contributed by atoms with E-state index in [1.165, 1.54) is 18.2 Å². The van der Waals surface area contributed by atoms with Gasteiger partial charge in [0.1, 0.15) is 5.75 Å². The van der Waals surface area contributed by atoms with Crippen LogP contribution in [0.25, 0.3) is 5.57 Å². The molecule has 3 aromatic carbocycles. The Labute approximate surface area is 236 Å². The summed E-state index contributed by atoms with van der Waals surface area (Å²) < 4.78 is 11.4. The Bertz CT molecular complexity index is 1350. The van der Waals surface area contributed by atoms with Gasteiger partial charge < -0.3 is 25.4 Å². The lowest BCUT2D eigenvalue weighted by molar-refractivity contribution is 0.102. The second-order valence-electron chi connectivity index (χ2n) is 10.3. The largest absolute Gasteiger partial charge is 0.493 e. The molecule has 210 valence electrons. The third-order valence-corrected chi connectivity index (χ3v) is 6.67. The van der Waals surface area contributed by atoms with Crippen LogP contribution in [0.2, 0.25) is 0 Å². The predicted molar refractivity (Wildman–Crippen MR) is 160 cm³/mol. The van der Waals surface area contributed by atoms with Crippen molar-refractivity contribution < 1.29 is 19.1 Å². The highest BCUT2D eigenvalue weighted by molar-refractivity contribution is 6.04. The number of benzene rings is 3. The molecular weight excluding hydrogens is 504 g/mol. The maximum absolute atomic E-state index is 12.8. The number of hydrogen-bond donors (Lipinski definition) is 3. The van der Waals surface area contributed by atoms with E-state index in [-0.39, 0.29) is 18.0 Å². The van der Waals surface area contributed by atoms with E-state index in [4.69, 9.17) is 9.47 Å². The fourth-order valence-corrected chi connectivity index (χ4v) is 4.45. The van der Waals surface area contributed by atoms with Crippen LogP contribution < -0.4 is 25.4 Å². The summed E-state index contributed by atoms with van der Waals surface area (Å²) >= 11 is 0. The normalized spacial score (nSPS) is 13.5. The fraction of sp³-hybridized carbons (Fsp3) is 0.312. The quantitative estimate of drug-likeness (QED) is 0.278. The summed E-state index contributed by atoms with van der Waals surface area (Å²) in [7, 11) is 1.54. The summed E-state index contributed by atoms with van der Waals surface area (Å²) in [4.78, 5) is 27.3. The first-order valence-corrected chi connectivity index (χ1v) is 13.6. The minimum Gasteiger partial charge on any atom is -0.493 e. The summed E-state index contributed by atoms with van der Waals surface area (Å²) in [6, 6.07) is 20.3. The van der Waals surface area contributed by atoms with Gasteiger partial charge >= 0.3 is 6.03 Å². The monoisotopic (exact) mass is 542 g/mol. The van der Waals surface area contributed by atoms with Crippen molar-refractivity contribution in [1.82, 2.24) is 10.2 Å². The van der Waals surface area contributed by atoms with E-state index in [1.54, 1.807) is 42.5 Å². The lowest BCUT2D eigenvalue weighted by Crippen LogP contribution is -2.34. The number of nitrogens with zero attached hydrogens (tertiary/aromatic N) is 1. The Morgan fingerprint density at radius 3 is 2.15 bits per heavy atom. The Morgan fingerprint density at radius 2 is 1.55 bits per heavy atom. The van der Waals surface area contributed by atoms with Crippen molar-refractivity contribution in [3.63, 3.8) is 0 Å². The van der Waals surface area contributed by atoms with Gasteiger partial charge in [-0.3, -0.25) is 9.69 Å². The summed E-state index contributed by atoms with van der Waals surface area (Å²) in [6.45, 7) is 10.2. The standard InChI is InChI=1S/C32H38N4O4/c1-21(2)33-32(38)35-27-12-15-29(30(20-27)39-5)40-28-13-10-26(11-14-28)34-31(37)25-8-6-23(7-9-25)24-16-18-36(19-17-24)22(3)4/h6-16,20-22H,17-19H2,1-5H3,(H,34,37)(H2,33,35,38). The van der Waals surface area contributed by atoms with Gasteiger partial charge in [0.05, 0.1) is 7.11 Å². The smallest absolute Gasteiger partial charge is 0.319 e. The average Bonchev–Trinajstić information content (AvgIpc) is 2.94. The van der Waals surface area contributed by atoms with Crippen molar-refractivity contribution in [2.24, 2.45) is 0 Å². The van der Waals surface area contributed by atoms with Gasteiger partial charge in [-0.1, -0.05) is 18.2 Å². The van der Waals surface area contributed by atoms with Crippen LogP contribution in [-0.2, 0) is 0 Å². The number of urea groups is 1. The van der Waals surface area contributed by atoms with Gasteiger partial charge in [0.2, 0.25) is 0 Å². The number of ether oxygens (including phenoxy) is 2. The third-order valence-electron chi connectivity index (χ3n) is 6.67. The van der Waals surface area contributed by atoms with Crippen molar-refractivity contribution in [3.05, 3.63) is 83.9 Å². The molecule has 3 N–H and O–H groups in total. The van der Waals surface area contributed by atoms with Gasteiger partial charge in [0.15, 0.2) is 11.5 Å². The van der Waals surface area contributed by atoms with Crippen LogP contribution in [0.3, 0.4) is 0 Å². The van der Waals surface area contributed by atoms with Crippen LogP contribution in [0.1, 0.15) is 50.0 Å². The van der Waals surface area contributed by atoms with Crippen LogP contribution in [0.4, 0.5) is 16.2 Å². The zero-order valence-electron chi connectivity index (χ0n) is 23.8. The number of amides is 3. The molecule has 4 rings (SSSR count). The summed E-state index contributed by atoms with van der Waals surface area (Å²) in [5.41, 5.74) is 4.34. The van der Waals surface area contributed by atoms with Crippen molar-refractivity contribution in [2.45, 2.75) is 46.2 Å². The molecule has 0 saturated carbocycles. The van der Waals surface area contributed by atoms with Crippen LogP contribution >= 0.6 is 0 Å². The maximum Gasteiger partial charge on any atom is 0.319 e. The molecule has 0 aromatic heterocycles. The SMILES string of the molecule is COc1cc(NC(=O)NC(C)C)ccc1Oc1ccc(NC(=O)c2ccc(C3=CCN(C(C)C)CC3)cc2)cc1. The fourth-order valence-electron chi connectivity index (χ4n) is 4.45. The second kappa shape index (κ2) is 13.2. The average molecular weight is 543 g/mol. The van der Waals surface area contributed by atoms with Crippen LogP contribution in [0, 0.1) is 0 Å². The van der Waals surface area contributed by atoms with Crippen molar-refractivity contribution >= 4 is 28.9 Å². The molecule has 0 atom stereocenters. The minimum atomic E-state index is -0.293. The molecule has 0 fully saturated rings. The molecule has 3 aromatic rings. The topological polar surface area (TPSA) is 91.9 Å². The maximum atomic E-state index is 12.8. The van der Waals surface area contributed by atoms with E-state index in [1.807, 2.05) is 38.1 Å². The molecule has 0 radical (unpaired) electrons. The van der Waals surface area contributed by atoms with E-state index in [0.29, 0.717) is 40.2 Å². The highest BCUT2D eigenvalue weighted by atomic mass is 16.5. The highest BCUT2D eigenvalue weighted by Gasteiger charge is 2.16. The van der Waals surface area contributed by atoms with Crippen LogP contribution in [0.15, 0.2) is 72.8 Å². The van der Waals surface area contributed by atoms with Crippen molar-refractivity contribution in [1.29, 1.82) is 0 Å². The van der Waals surface area contributed by atoms with Gasteiger partial charge in [-0.05, 0) is 93.8 Å². The second-order valence-corrected chi connectivity index (χ2v) is 10.3. The number of rotatable bonds is 9. The molecule has 0 bridgehead atoms. The van der Waals surface area contributed by atoms with Gasteiger partial charge in [-0.15, -0.1) is 0 Å². The third kappa shape index (κ3) is 7.64. The zero-order chi connectivity index (χ0) is 28.6. The molecule has 3 amide bonds. The molecule has 1 aliphatic rings. The van der Waals surface area contributed by atoms with E-state index in [9.17, 15) is 9.59 Å². The first-order chi connectivity index (χ1) is 19.2. The summed E-state index contributed by atoms with van der Waals surface area (Å²) in [6.07, 6.45) is 3.30. The predicted octanol–water partition coefficient (Wildman–Crippen LogP) is 6.77. The van der Waals surface area contributed by atoms with Gasteiger partial charge in [0, 0.05) is 48.2 Å². The molecule has 8 nitrogen and oxygen atoms in total. The van der Waals surface area contributed by atoms with Crippen LogP contribution in [-0.4, -0.2) is 49.1 Å². The number of carbonyl (C=O) groups excluding carboxylic acids is 2. The Kier molecular flexibility index (Phi) is 9.45. The lowest BCUT2D eigenvalue weighted by atomic mass is 9.98. The van der Waals surface area contributed by atoms with E-state index < -0.39 is 0 Å². The first kappa shape index (κ1) is 28.7. The molecule has 8 heteroatoms. The molecule has 1 aliphatic heterocycles. The molecular formula is C32H38N4O4. The van der Waals surface area contributed by atoms with Crippen LogP contribution in [0.5, 0.6) is 17.2 Å². The summed E-state index contributed by atoms with van der Waals surface area (Å²) in [5, 5.41) is 8.49. The minimum absolute atomic E-state index is 0.0265. The highest BCUT2D eigenvalue weighted by Crippen LogP contribution is 2.34. The Balaban J connectivity index is 1.34. The molecule has 40 heavy (non-hydrogen) atoms. The zero-order valence-corrected chi connectivity index (χ0v) is 23.8. The van der Waals surface area contributed by atoms with E-state index in [2.05, 4.69) is 40.8 Å². The number of hydrogen-bond acceptors (Lipinski definition) is 5. The molecule has 0 aliphatic carbocycles. The molecule has 0 unspecified atom stereocenters. The Hall–Kier alpha value is -4.30. The first-order valence-electron chi connectivity index (χ1n) is 13.6. The van der Waals surface area contributed by atoms with E-state index >= 15 is 0 Å². The molecule has 1 heterocycles. The van der Waals surface area contributed by atoms with Crippen molar-refractivity contribution in [3.8, 4) is 17.2 Å². The molecule has 0 spiro atoms. The lowest BCUT2D eigenvalue weighted by Gasteiger charge is -2.29. The number of anilines is 2. The molecule has 0 saturated heterocycles. The van der Waals surface area contributed by atoms with Gasteiger partial charge in [-0.2, -0.15) is 0 Å². The van der Waals surface area contributed by atoms with Gasteiger partial charge in [-0.25, -0.2) is 4.79 Å². The number of methoxy groups -OCH3 is 1. The van der Waals surface area contributed by atoms with Gasteiger partial charge in [0.25, 0.3) is 5.91 Å². The number of nitrogens with one attached hydrogen (secondary N) is 3.